The van der Waals surface area contributed by atoms with Crippen LogP contribution in [0.2, 0.25) is 0 Å². The van der Waals surface area contributed by atoms with Gasteiger partial charge in [0.2, 0.25) is 10.0 Å². The summed E-state index contributed by atoms with van der Waals surface area (Å²) in [6.07, 6.45) is 1.52. The lowest BCUT2D eigenvalue weighted by Gasteiger charge is -2.12. The number of aromatic nitrogens is 2. The first-order valence-corrected chi connectivity index (χ1v) is 11.2. The van der Waals surface area contributed by atoms with Crippen molar-refractivity contribution in [1.82, 2.24) is 13.9 Å². The second-order valence-corrected chi connectivity index (χ2v) is 9.99. The van der Waals surface area contributed by atoms with E-state index in [1.54, 1.807) is 24.3 Å². The first kappa shape index (κ1) is 19.5. The Morgan fingerprint density at radius 2 is 1.79 bits per heavy atom. The van der Waals surface area contributed by atoms with Crippen molar-refractivity contribution in [3.05, 3.63) is 82.9 Å². The Morgan fingerprint density at radius 1 is 1.03 bits per heavy atom. The van der Waals surface area contributed by atoms with Gasteiger partial charge in [-0.15, -0.1) is 11.3 Å². The molecule has 148 valence electrons. The molecule has 0 spiro atoms. The molecule has 0 aliphatic rings. The molecule has 0 aliphatic heterocycles. The molecule has 0 saturated heterocycles. The van der Waals surface area contributed by atoms with Gasteiger partial charge in [-0.3, -0.25) is 9.36 Å². The lowest BCUT2D eigenvalue weighted by molar-refractivity contribution is 0.520. The number of fused-ring (bicyclic) bond motifs is 1. The van der Waals surface area contributed by atoms with Gasteiger partial charge in [-0.2, -0.15) is 0 Å². The van der Waals surface area contributed by atoms with E-state index in [0.717, 1.165) is 16.0 Å². The standard InChI is InChI=1S/C21H19N3O3S2/c1-23(2)29(26,27)17-10-6-7-15(11-17)13-24-14-22-20-18(21(24)25)12-19(28-20)16-8-4-3-5-9-16/h3-12,14H,13H2,1-2H3. The highest BCUT2D eigenvalue weighted by molar-refractivity contribution is 7.89. The molecule has 2 aromatic heterocycles. The first-order chi connectivity index (χ1) is 13.9. The van der Waals surface area contributed by atoms with Gasteiger partial charge in [0.15, 0.2) is 0 Å². The summed E-state index contributed by atoms with van der Waals surface area (Å²) in [5, 5.41) is 0.563. The Bertz CT molecular complexity index is 1340. The summed E-state index contributed by atoms with van der Waals surface area (Å²) < 4.78 is 27.4. The van der Waals surface area contributed by atoms with Crippen LogP contribution in [0.1, 0.15) is 5.56 Å². The van der Waals surface area contributed by atoms with Gasteiger partial charge in [0, 0.05) is 19.0 Å². The fourth-order valence-corrected chi connectivity index (χ4v) is 5.00. The molecule has 6 nitrogen and oxygen atoms in total. The second-order valence-electron chi connectivity index (χ2n) is 6.81. The normalized spacial score (nSPS) is 12.0. The van der Waals surface area contributed by atoms with E-state index < -0.39 is 10.0 Å². The Morgan fingerprint density at radius 3 is 2.52 bits per heavy atom. The smallest absolute Gasteiger partial charge is 0.262 e. The average Bonchev–Trinajstić information content (AvgIpc) is 3.16. The van der Waals surface area contributed by atoms with Gasteiger partial charge < -0.3 is 0 Å². The highest BCUT2D eigenvalue weighted by atomic mass is 32.2. The molecule has 4 aromatic rings. The number of sulfonamides is 1. The van der Waals surface area contributed by atoms with Crippen LogP contribution in [0.4, 0.5) is 0 Å². The van der Waals surface area contributed by atoms with Crippen molar-refractivity contribution < 1.29 is 8.42 Å². The van der Waals surface area contributed by atoms with Gasteiger partial charge >= 0.3 is 0 Å². The van der Waals surface area contributed by atoms with E-state index in [0.29, 0.717) is 10.2 Å². The molecule has 4 rings (SSSR count). The number of rotatable bonds is 5. The van der Waals surface area contributed by atoms with E-state index in [1.165, 1.54) is 40.6 Å². The monoisotopic (exact) mass is 425 g/mol. The van der Waals surface area contributed by atoms with Crippen LogP contribution in [0.25, 0.3) is 20.7 Å². The molecule has 0 saturated carbocycles. The average molecular weight is 426 g/mol. The third-order valence-electron chi connectivity index (χ3n) is 4.61. The van der Waals surface area contributed by atoms with Crippen LogP contribution in [-0.2, 0) is 16.6 Å². The molecule has 0 amide bonds. The van der Waals surface area contributed by atoms with Crippen molar-refractivity contribution in [2.24, 2.45) is 0 Å². The molecule has 0 fully saturated rings. The van der Waals surface area contributed by atoms with Crippen LogP contribution in [0.15, 0.2) is 76.7 Å². The van der Waals surface area contributed by atoms with Crippen molar-refractivity contribution >= 4 is 31.6 Å². The fraction of sp³-hybridized carbons (Fsp3) is 0.143. The topological polar surface area (TPSA) is 72.3 Å². The van der Waals surface area contributed by atoms with E-state index in [1.807, 2.05) is 36.4 Å². The highest BCUT2D eigenvalue weighted by Crippen LogP contribution is 2.30. The van der Waals surface area contributed by atoms with E-state index in [2.05, 4.69) is 4.98 Å². The van der Waals surface area contributed by atoms with Gasteiger partial charge in [-0.25, -0.2) is 17.7 Å². The number of hydrogen-bond donors (Lipinski definition) is 0. The van der Waals surface area contributed by atoms with E-state index >= 15 is 0 Å². The predicted octanol–water partition coefficient (Wildman–Crippen LogP) is 3.42. The molecule has 0 bridgehead atoms. The van der Waals surface area contributed by atoms with Crippen molar-refractivity contribution in [2.45, 2.75) is 11.4 Å². The minimum Gasteiger partial charge on any atom is -0.294 e. The number of thiophene rings is 1. The van der Waals surface area contributed by atoms with Crippen LogP contribution in [0.3, 0.4) is 0 Å². The predicted molar refractivity (Wildman–Crippen MR) is 116 cm³/mol. The lowest BCUT2D eigenvalue weighted by atomic mass is 10.2. The quantitative estimate of drug-likeness (QED) is 0.491. The lowest BCUT2D eigenvalue weighted by Crippen LogP contribution is -2.23. The summed E-state index contributed by atoms with van der Waals surface area (Å²) in [4.78, 5) is 19.3. The molecule has 2 heterocycles. The maximum absolute atomic E-state index is 13.0. The van der Waals surface area contributed by atoms with Crippen molar-refractivity contribution in [1.29, 1.82) is 0 Å². The zero-order chi connectivity index (χ0) is 20.6. The SMILES string of the molecule is CN(C)S(=O)(=O)c1cccc(Cn2cnc3sc(-c4ccccc4)cc3c2=O)c1. The Balaban J connectivity index is 1.71. The summed E-state index contributed by atoms with van der Waals surface area (Å²) >= 11 is 1.48. The zero-order valence-corrected chi connectivity index (χ0v) is 17.6. The number of hydrogen-bond acceptors (Lipinski definition) is 5. The Hall–Kier alpha value is -2.81. The number of nitrogens with zero attached hydrogens (tertiary/aromatic N) is 3. The van der Waals surface area contributed by atoms with Gasteiger partial charge in [0.25, 0.3) is 5.56 Å². The third kappa shape index (κ3) is 3.74. The summed E-state index contributed by atoms with van der Waals surface area (Å²) in [5.74, 6) is 0. The molecule has 0 radical (unpaired) electrons. The summed E-state index contributed by atoms with van der Waals surface area (Å²) in [6.45, 7) is 0.245. The molecule has 29 heavy (non-hydrogen) atoms. The molecule has 2 aromatic carbocycles. The molecule has 0 N–H and O–H groups in total. The number of benzene rings is 2. The third-order valence-corrected chi connectivity index (χ3v) is 7.51. The van der Waals surface area contributed by atoms with Crippen LogP contribution >= 0.6 is 11.3 Å². The molecule has 8 heteroatoms. The van der Waals surface area contributed by atoms with Gasteiger partial charge in [0.05, 0.1) is 23.2 Å². The van der Waals surface area contributed by atoms with Crippen LogP contribution < -0.4 is 5.56 Å². The van der Waals surface area contributed by atoms with E-state index in [9.17, 15) is 13.2 Å². The maximum atomic E-state index is 13.0. The zero-order valence-electron chi connectivity index (χ0n) is 15.9. The largest absolute Gasteiger partial charge is 0.294 e. The Kier molecular flexibility index (Phi) is 5.08. The van der Waals surface area contributed by atoms with Crippen molar-refractivity contribution in [2.75, 3.05) is 14.1 Å². The molecular weight excluding hydrogens is 406 g/mol. The van der Waals surface area contributed by atoms with E-state index in [-0.39, 0.29) is 17.0 Å². The van der Waals surface area contributed by atoms with Gasteiger partial charge in [0.1, 0.15) is 4.83 Å². The van der Waals surface area contributed by atoms with Gasteiger partial charge in [-0.05, 0) is 29.3 Å². The molecular formula is C21H19N3O3S2. The minimum atomic E-state index is -3.53. The van der Waals surface area contributed by atoms with E-state index in [4.69, 9.17) is 0 Å². The van der Waals surface area contributed by atoms with Gasteiger partial charge in [-0.1, -0.05) is 42.5 Å². The minimum absolute atomic E-state index is 0.144. The summed E-state index contributed by atoms with van der Waals surface area (Å²) in [5.41, 5.74) is 1.62. The van der Waals surface area contributed by atoms with Crippen molar-refractivity contribution in [3.63, 3.8) is 0 Å². The fourth-order valence-electron chi connectivity index (χ4n) is 3.03. The molecule has 0 aliphatic carbocycles. The molecule has 0 atom stereocenters. The molecule has 0 unspecified atom stereocenters. The second kappa shape index (κ2) is 7.55. The van der Waals surface area contributed by atoms with Crippen LogP contribution in [0.5, 0.6) is 0 Å². The van der Waals surface area contributed by atoms with Crippen LogP contribution in [0, 0.1) is 0 Å². The first-order valence-electron chi connectivity index (χ1n) is 8.92. The Labute approximate surface area is 172 Å². The highest BCUT2D eigenvalue weighted by Gasteiger charge is 2.17. The van der Waals surface area contributed by atoms with Crippen LogP contribution in [-0.4, -0.2) is 36.4 Å². The summed E-state index contributed by atoms with van der Waals surface area (Å²) in [6, 6.07) is 18.4. The van der Waals surface area contributed by atoms with Crippen molar-refractivity contribution in [3.8, 4) is 10.4 Å². The summed E-state index contributed by atoms with van der Waals surface area (Å²) in [7, 11) is -0.549. The maximum Gasteiger partial charge on any atom is 0.262 e.